The zero-order chi connectivity index (χ0) is 29.1. The molecule has 5 nitrogen and oxygen atoms in total. The Morgan fingerprint density at radius 1 is 0.947 bits per heavy atom. The van der Waals surface area contributed by atoms with Gasteiger partial charge in [-0.2, -0.15) is 39.5 Å². The lowest BCUT2D eigenvalue weighted by atomic mass is 9.89. The molecule has 0 saturated carbocycles. The smallest absolute Gasteiger partial charge is 0.381 e. The second kappa shape index (κ2) is 11.6. The van der Waals surface area contributed by atoms with E-state index in [1.54, 1.807) is 6.92 Å². The molecular weight excluding hydrogens is 559 g/mol. The Bertz CT molecular complexity index is 1100. The summed E-state index contributed by atoms with van der Waals surface area (Å²) in [6.07, 6.45) is -16.8. The van der Waals surface area contributed by atoms with Crippen LogP contribution in [0.25, 0.3) is 0 Å². The van der Waals surface area contributed by atoms with Crippen molar-refractivity contribution in [3.8, 4) is 0 Å². The van der Waals surface area contributed by atoms with Crippen molar-refractivity contribution in [1.82, 2.24) is 5.32 Å². The van der Waals surface area contributed by atoms with E-state index in [4.69, 9.17) is 16.3 Å². The predicted molar refractivity (Wildman–Crippen MR) is 119 cm³/mol. The van der Waals surface area contributed by atoms with Gasteiger partial charge in [-0.05, 0) is 48.4 Å². The van der Waals surface area contributed by atoms with Crippen LogP contribution in [0.1, 0.15) is 35.6 Å². The van der Waals surface area contributed by atoms with Crippen molar-refractivity contribution in [2.24, 2.45) is 0 Å². The maximum absolute atomic E-state index is 13.9. The van der Waals surface area contributed by atoms with Crippen LogP contribution in [0.4, 0.5) is 45.2 Å². The van der Waals surface area contributed by atoms with Crippen LogP contribution in [0.2, 0.25) is 5.02 Å². The second-order valence-corrected chi connectivity index (χ2v) is 8.75. The van der Waals surface area contributed by atoms with Crippen LogP contribution in [0.15, 0.2) is 36.4 Å². The van der Waals surface area contributed by atoms with E-state index in [1.165, 1.54) is 19.2 Å². The van der Waals surface area contributed by atoms with E-state index >= 15 is 0 Å². The molecule has 0 saturated heterocycles. The molecule has 0 spiro atoms. The number of hydrogen-bond donors (Lipinski definition) is 3. The first-order valence-corrected chi connectivity index (χ1v) is 11.1. The van der Waals surface area contributed by atoms with E-state index in [1.807, 2.05) is 0 Å². The Hall–Kier alpha value is -2.71. The van der Waals surface area contributed by atoms with Crippen molar-refractivity contribution in [1.29, 1.82) is 0 Å². The molecule has 2 atom stereocenters. The fourth-order valence-corrected chi connectivity index (χ4v) is 3.45. The first-order chi connectivity index (χ1) is 17.3. The molecule has 0 aliphatic heterocycles. The average Bonchev–Trinajstić information content (AvgIpc) is 2.79. The Kier molecular flexibility index (Phi) is 9.60. The summed E-state index contributed by atoms with van der Waals surface area (Å²) in [5.41, 5.74) is -9.61. The maximum Gasteiger partial charge on any atom is 0.423 e. The van der Waals surface area contributed by atoms with Gasteiger partial charge in [0, 0.05) is 24.4 Å². The number of amides is 1. The van der Waals surface area contributed by atoms with Gasteiger partial charge in [0.25, 0.3) is 0 Å². The molecule has 2 aromatic carbocycles. The summed E-state index contributed by atoms with van der Waals surface area (Å²) in [5.74, 6) is -0.368. The molecule has 2 aromatic rings. The largest absolute Gasteiger partial charge is 0.423 e. The fourth-order valence-electron chi connectivity index (χ4n) is 3.20. The molecule has 0 unspecified atom stereocenters. The third-order valence-corrected chi connectivity index (χ3v) is 5.84. The molecule has 1 amide bonds. The third-order valence-electron chi connectivity index (χ3n) is 5.49. The minimum atomic E-state index is -5.68. The van der Waals surface area contributed by atoms with E-state index in [0.717, 1.165) is 6.07 Å². The Labute approximate surface area is 215 Å². The van der Waals surface area contributed by atoms with Gasteiger partial charge in [-0.3, -0.25) is 4.79 Å². The minimum Gasteiger partial charge on any atom is -0.381 e. The predicted octanol–water partition coefficient (Wildman–Crippen LogP) is 6.28. The number of rotatable bonds is 9. The average molecular weight is 581 g/mol. The molecule has 0 aliphatic carbocycles. The highest BCUT2D eigenvalue weighted by Crippen LogP contribution is 2.44. The Balaban J connectivity index is 2.32. The second-order valence-electron chi connectivity index (χ2n) is 8.34. The Morgan fingerprint density at radius 3 is 1.92 bits per heavy atom. The van der Waals surface area contributed by atoms with Crippen LogP contribution in [-0.2, 0) is 34.0 Å². The van der Waals surface area contributed by atoms with Gasteiger partial charge in [0.15, 0.2) is 0 Å². The summed E-state index contributed by atoms with van der Waals surface area (Å²) >= 11 is 6.09. The van der Waals surface area contributed by atoms with Crippen molar-refractivity contribution in [3.05, 3.63) is 63.7 Å². The van der Waals surface area contributed by atoms with Gasteiger partial charge in [0.05, 0.1) is 30.2 Å². The number of hydrogen-bond acceptors (Lipinski definition) is 4. The first kappa shape index (κ1) is 31.5. The Morgan fingerprint density at radius 2 is 1.47 bits per heavy atom. The van der Waals surface area contributed by atoms with Gasteiger partial charge in [0.2, 0.25) is 11.5 Å². The van der Waals surface area contributed by atoms with E-state index < -0.39 is 47.4 Å². The summed E-state index contributed by atoms with van der Waals surface area (Å²) < 4.78 is 125. The number of anilines is 1. The van der Waals surface area contributed by atoms with Gasteiger partial charge in [0.1, 0.15) is 0 Å². The van der Waals surface area contributed by atoms with Gasteiger partial charge >= 0.3 is 18.5 Å². The van der Waals surface area contributed by atoms with E-state index in [9.17, 15) is 49.4 Å². The van der Waals surface area contributed by atoms with Crippen LogP contribution in [0, 0.1) is 0 Å². The number of nitrogens with one attached hydrogen (secondary N) is 2. The summed E-state index contributed by atoms with van der Waals surface area (Å²) in [7, 11) is 1.42. The monoisotopic (exact) mass is 580 g/mol. The molecule has 0 aliphatic rings. The van der Waals surface area contributed by atoms with Crippen molar-refractivity contribution in [3.63, 3.8) is 0 Å². The molecule has 15 heteroatoms. The number of carbonyl (C=O) groups excluding carboxylic acids is 1. The summed E-state index contributed by atoms with van der Waals surface area (Å²) in [5, 5.41) is 15.1. The van der Waals surface area contributed by atoms with Crippen molar-refractivity contribution in [2.45, 2.75) is 50.1 Å². The quantitative estimate of drug-likeness (QED) is 0.305. The molecule has 38 heavy (non-hydrogen) atoms. The van der Waals surface area contributed by atoms with Crippen LogP contribution in [0.3, 0.4) is 0 Å². The number of methoxy groups -OCH3 is 1. The van der Waals surface area contributed by atoms with Crippen molar-refractivity contribution >= 4 is 23.2 Å². The number of benzene rings is 2. The standard InChI is InChI=1S/C23H22ClF9N2O3/c1-12(38-2)5-19(36)34-10-13-3-4-17(9-18(13)24)35-11-20(37,23(31,32)33)14-6-15(21(25,26)27)8-16(7-14)22(28,29)30/h3-4,6-9,12,35,37H,5,10-11H2,1-2H3,(H,34,36)/t12-,20+/m0/s1. The summed E-state index contributed by atoms with van der Waals surface area (Å²) in [6.45, 7) is 0.0697. The van der Waals surface area contributed by atoms with Gasteiger partial charge in [-0.25, -0.2) is 0 Å². The SMILES string of the molecule is CO[C@@H](C)CC(=O)NCc1ccc(NC[C@@](O)(c2cc(C(F)(F)F)cc(C(F)(F)F)c2)C(F)(F)F)cc1Cl. The third kappa shape index (κ3) is 7.90. The molecule has 0 bridgehead atoms. The van der Waals surface area contributed by atoms with E-state index in [-0.39, 0.29) is 53.9 Å². The van der Waals surface area contributed by atoms with Crippen molar-refractivity contribution < 1.29 is 54.2 Å². The van der Waals surface area contributed by atoms with Crippen LogP contribution in [0.5, 0.6) is 0 Å². The van der Waals surface area contributed by atoms with Gasteiger partial charge < -0.3 is 20.5 Å². The molecule has 0 fully saturated rings. The number of carbonyl (C=O) groups is 1. The summed E-state index contributed by atoms with van der Waals surface area (Å²) in [6, 6.07) is 2.92. The van der Waals surface area contributed by atoms with Crippen LogP contribution in [-0.4, -0.2) is 36.9 Å². The van der Waals surface area contributed by atoms with Gasteiger partial charge in [-0.15, -0.1) is 0 Å². The fraction of sp³-hybridized carbons (Fsp3) is 0.435. The topological polar surface area (TPSA) is 70.6 Å². The zero-order valence-electron chi connectivity index (χ0n) is 19.7. The zero-order valence-corrected chi connectivity index (χ0v) is 20.5. The van der Waals surface area contributed by atoms with Gasteiger partial charge in [-0.1, -0.05) is 17.7 Å². The molecule has 3 N–H and O–H groups in total. The first-order valence-electron chi connectivity index (χ1n) is 10.7. The molecule has 0 heterocycles. The number of halogens is 10. The summed E-state index contributed by atoms with van der Waals surface area (Å²) in [4.78, 5) is 11.9. The molecule has 0 radical (unpaired) electrons. The van der Waals surface area contributed by atoms with E-state index in [2.05, 4.69) is 10.6 Å². The molecule has 0 aromatic heterocycles. The number of alkyl halides is 9. The highest BCUT2D eigenvalue weighted by atomic mass is 35.5. The molecule has 212 valence electrons. The minimum absolute atomic E-state index is 0.0240. The molecular formula is C23H22ClF9N2O3. The van der Waals surface area contributed by atoms with E-state index in [0.29, 0.717) is 5.56 Å². The highest BCUT2D eigenvalue weighted by molar-refractivity contribution is 6.31. The van der Waals surface area contributed by atoms with Crippen molar-refractivity contribution in [2.75, 3.05) is 19.0 Å². The van der Waals surface area contributed by atoms with Crippen LogP contribution >= 0.6 is 11.6 Å². The number of aliphatic hydroxyl groups is 1. The lowest BCUT2D eigenvalue weighted by Crippen LogP contribution is -2.48. The molecule has 2 rings (SSSR count). The lowest BCUT2D eigenvalue weighted by Gasteiger charge is -2.32. The maximum atomic E-state index is 13.9. The van der Waals surface area contributed by atoms with Crippen LogP contribution < -0.4 is 10.6 Å². The lowest BCUT2D eigenvalue weighted by molar-refractivity contribution is -0.261. The normalized spacial score (nSPS) is 15.1. The highest BCUT2D eigenvalue weighted by Gasteiger charge is 2.56. The number of ether oxygens (including phenoxy) is 1.